The number of hydrogen-bond acceptors (Lipinski definition) is 6. The molecule has 2 N–H and O–H groups in total. The van der Waals surface area contributed by atoms with Crippen molar-refractivity contribution in [2.75, 3.05) is 37.3 Å². The van der Waals surface area contributed by atoms with E-state index in [0.717, 1.165) is 49.3 Å². The highest BCUT2D eigenvalue weighted by Crippen LogP contribution is 2.27. The SMILES string of the molecule is CS(=O)(=O)O.Cc1cc(Cl)cc2nc(N3CCCNCC3)oc12. The van der Waals surface area contributed by atoms with E-state index in [1.807, 2.05) is 19.1 Å². The first kappa shape index (κ1) is 18.0. The Morgan fingerprint density at radius 1 is 1.35 bits per heavy atom. The summed E-state index contributed by atoms with van der Waals surface area (Å²) in [6.07, 6.45) is 1.82. The number of aryl methyl sites for hydroxylation is 1. The molecule has 2 heterocycles. The van der Waals surface area contributed by atoms with Crippen molar-refractivity contribution in [1.29, 1.82) is 0 Å². The van der Waals surface area contributed by atoms with Crippen LogP contribution in [0.3, 0.4) is 0 Å². The monoisotopic (exact) mass is 361 g/mol. The van der Waals surface area contributed by atoms with Crippen molar-refractivity contribution in [1.82, 2.24) is 10.3 Å². The van der Waals surface area contributed by atoms with Gasteiger partial charge in [-0.1, -0.05) is 11.6 Å². The van der Waals surface area contributed by atoms with Crippen LogP contribution in [0.5, 0.6) is 0 Å². The standard InChI is InChI=1S/C13H16ClN3O.CH4O3S/c1-9-7-10(14)8-11-12(9)18-13(16-11)17-5-2-3-15-4-6-17;1-5(2,3)4/h7-8,15H,2-6H2,1H3;1H3,(H,2,3,4). The second-order valence-corrected chi connectivity index (χ2v) is 7.29. The van der Waals surface area contributed by atoms with Gasteiger partial charge in [-0.25, -0.2) is 0 Å². The topological polar surface area (TPSA) is 95.7 Å². The summed E-state index contributed by atoms with van der Waals surface area (Å²) in [5.74, 6) is 0. The number of anilines is 1. The molecule has 0 spiro atoms. The zero-order valence-corrected chi connectivity index (χ0v) is 14.6. The van der Waals surface area contributed by atoms with E-state index in [4.69, 9.17) is 20.6 Å². The first-order valence-electron chi connectivity index (χ1n) is 7.19. The van der Waals surface area contributed by atoms with Crippen LogP contribution in [0.1, 0.15) is 12.0 Å². The molecule has 1 aromatic carbocycles. The van der Waals surface area contributed by atoms with Crippen molar-refractivity contribution in [3.63, 3.8) is 0 Å². The number of rotatable bonds is 1. The number of aromatic nitrogens is 1. The molecule has 0 saturated carbocycles. The lowest BCUT2D eigenvalue weighted by Crippen LogP contribution is -2.27. The molecule has 1 aromatic heterocycles. The van der Waals surface area contributed by atoms with Gasteiger partial charge in [0.15, 0.2) is 5.58 Å². The highest BCUT2D eigenvalue weighted by molar-refractivity contribution is 7.85. The van der Waals surface area contributed by atoms with Gasteiger partial charge in [-0.05, 0) is 37.6 Å². The van der Waals surface area contributed by atoms with E-state index in [-0.39, 0.29) is 0 Å². The summed E-state index contributed by atoms with van der Waals surface area (Å²) >= 11 is 6.04. The first-order valence-corrected chi connectivity index (χ1v) is 9.41. The summed E-state index contributed by atoms with van der Waals surface area (Å²) in [5, 5.41) is 4.07. The average Bonchev–Trinajstić information content (AvgIpc) is 2.66. The molecule has 1 aliphatic heterocycles. The third kappa shape index (κ3) is 5.65. The summed E-state index contributed by atoms with van der Waals surface area (Å²) in [7, 11) is -3.67. The van der Waals surface area contributed by atoms with Crippen molar-refractivity contribution < 1.29 is 17.4 Å². The number of oxazole rings is 1. The lowest BCUT2D eigenvalue weighted by molar-refractivity contribution is 0.490. The summed E-state index contributed by atoms with van der Waals surface area (Å²) in [6.45, 7) is 5.93. The fourth-order valence-corrected chi connectivity index (χ4v) is 2.58. The lowest BCUT2D eigenvalue weighted by Gasteiger charge is -2.16. The van der Waals surface area contributed by atoms with Gasteiger partial charge < -0.3 is 14.6 Å². The molecular weight excluding hydrogens is 342 g/mol. The van der Waals surface area contributed by atoms with Crippen LogP contribution in [-0.2, 0) is 10.1 Å². The molecule has 7 nitrogen and oxygen atoms in total. The zero-order valence-electron chi connectivity index (χ0n) is 13.0. The van der Waals surface area contributed by atoms with Gasteiger partial charge in [0, 0.05) is 24.7 Å². The summed E-state index contributed by atoms with van der Waals surface area (Å²) in [4.78, 5) is 6.73. The van der Waals surface area contributed by atoms with E-state index in [9.17, 15) is 8.42 Å². The highest BCUT2D eigenvalue weighted by Gasteiger charge is 2.16. The highest BCUT2D eigenvalue weighted by atomic mass is 35.5. The predicted molar refractivity (Wildman–Crippen MR) is 90.9 cm³/mol. The van der Waals surface area contributed by atoms with Crippen LogP contribution in [0.15, 0.2) is 16.5 Å². The average molecular weight is 362 g/mol. The Balaban J connectivity index is 0.000000338. The van der Waals surface area contributed by atoms with E-state index in [2.05, 4.69) is 15.2 Å². The summed E-state index contributed by atoms with van der Waals surface area (Å²) in [5.41, 5.74) is 2.71. The van der Waals surface area contributed by atoms with Crippen molar-refractivity contribution in [3.05, 3.63) is 22.7 Å². The van der Waals surface area contributed by atoms with Crippen LogP contribution in [0, 0.1) is 6.92 Å². The Kier molecular flexibility index (Phi) is 5.85. The van der Waals surface area contributed by atoms with Gasteiger partial charge >= 0.3 is 0 Å². The molecule has 2 aromatic rings. The van der Waals surface area contributed by atoms with E-state index < -0.39 is 10.1 Å². The van der Waals surface area contributed by atoms with Crippen LogP contribution in [0.25, 0.3) is 11.1 Å². The van der Waals surface area contributed by atoms with Crippen LogP contribution >= 0.6 is 11.6 Å². The van der Waals surface area contributed by atoms with Gasteiger partial charge in [-0.15, -0.1) is 0 Å². The molecule has 0 radical (unpaired) electrons. The molecule has 0 unspecified atom stereocenters. The molecule has 0 aliphatic carbocycles. The van der Waals surface area contributed by atoms with Gasteiger partial charge in [-0.2, -0.15) is 13.4 Å². The smallest absolute Gasteiger partial charge is 0.298 e. The molecule has 0 bridgehead atoms. The van der Waals surface area contributed by atoms with E-state index in [1.54, 1.807) is 0 Å². The minimum absolute atomic E-state index is 0.706. The molecule has 0 atom stereocenters. The largest absolute Gasteiger partial charge is 0.423 e. The van der Waals surface area contributed by atoms with Gasteiger partial charge in [-0.3, -0.25) is 4.55 Å². The number of benzene rings is 1. The molecule has 3 rings (SSSR count). The van der Waals surface area contributed by atoms with Gasteiger partial charge in [0.05, 0.1) is 6.26 Å². The number of nitrogens with one attached hydrogen (secondary N) is 1. The maximum atomic E-state index is 9.19. The van der Waals surface area contributed by atoms with Crippen LogP contribution in [-0.4, -0.2) is 50.4 Å². The van der Waals surface area contributed by atoms with Crippen LogP contribution in [0.4, 0.5) is 6.01 Å². The van der Waals surface area contributed by atoms with Gasteiger partial charge in [0.2, 0.25) is 0 Å². The summed E-state index contributed by atoms with van der Waals surface area (Å²) < 4.78 is 31.7. The minimum atomic E-state index is -3.67. The second kappa shape index (κ2) is 7.48. The Bertz CT molecular complexity index is 760. The Morgan fingerprint density at radius 2 is 2.04 bits per heavy atom. The van der Waals surface area contributed by atoms with E-state index >= 15 is 0 Å². The normalized spacial score (nSPS) is 15.9. The maximum absolute atomic E-state index is 9.19. The van der Waals surface area contributed by atoms with Crippen molar-refractivity contribution >= 4 is 38.8 Å². The molecule has 1 fully saturated rings. The Hall–Kier alpha value is -1.35. The Labute approximate surface area is 140 Å². The van der Waals surface area contributed by atoms with E-state index in [0.29, 0.717) is 17.3 Å². The second-order valence-electron chi connectivity index (χ2n) is 5.39. The van der Waals surface area contributed by atoms with Crippen molar-refractivity contribution in [2.45, 2.75) is 13.3 Å². The molecule has 128 valence electrons. The molecule has 1 saturated heterocycles. The number of halogens is 1. The third-order valence-corrected chi connectivity index (χ3v) is 3.46. The molecule has 1 aliphatic rings. The molecular formula is C14H20ClN3O4S. The van der Waals surface area contributed by atoms with Crippen molar-refractivity contribution in [3.8, 4) is 0 Å². The van der Waals surface area contributed by atoms with Crippen LogP contribution < -0.4 is 10.2 Å². The summed E-state index contributed by atoms with van der Waals surface area (Å²) in [6, 6.07) is 4.47. The maximum Gasteiger partial charge on any atom is 0.298 e. The van der Waals surface area contributed by atoms with Crippen molar-refractivity contribution in [2.24, 2.45) is 0 Å². The molecule has 0 amide bonds. The third-order valence-electron chi connectivity index (χ3n) is 3.24. The minimum Gasteiger partial charge on any atom is -0.423 e. The molecule has 23 heavy (non-hydrogen) atoms. The van der Waals surface area contributed by atoms with Gasteiger partial charge in [0.25, 0.3) is 16.1 Å². The number of fused-ring (bicyclic) bond motifs is 1. The zero-order chi connectivity index (χ0) is 17.0. The Morgan fingerprint density at radius 3 is 2.74 bits per heavy atom. The number of hydrogen-bond donors (Lipinski definition) is 2. The quantitative estimate of drug-likeness (QED) is 0.751. The predicted octanol–water partition coefficient (Wildman–Crippen LogP) is 2.09. The lowest BCUT2D eigenvalue weighted by atomic mass is 10.2. The molecule has 9 heteroatoms. The van der Waals surface area contributed by atoms with E-state index in [1.165, 1.54) is 0 Å². The first-order chi connectivity index (χ1) is 10.7. The number of nitrogens with zero attached hydrogens (tertiary/aromatic N) is 2. The fourth-order valence-electron chi connectivity index (χ4n) is 2.32. The fraction of sp³-hybridized carbons (Fsp3) is 0.500. The van der Waals surface area contributed by atoms with Crippen LogP contribution in [0.2, 0.25) is 5.02 Å². The van der Waals surface area contributed by atoms with Gasteiger partial charge in [0.1, 0.15) is 5.52 Å².